The number of hydrogen-bond donors (Lipinski definition) is 0. The van der Waals surface area contributed by atoms with Crippen molar-refractivity contribution in [1.82, 2.24) is 4.98 Å². The topological polar surface area (TPSA) is 57.7 Å². The Kier molecular flexibility index (Phi) is 5.18. The van der Waals surface area contributed by atoms with Gasteiger partial charge in [-0.25, -0.2) is 4.79 Å². The Balaban J connectivity index is 1.59. The largest absolute Gasteiger partial charge is 0.462 e. The van der Waals surface area contributed by atoms with Gasteiger partial charge in [0.15, 0.2) is 0 Å². The van der Waals surface area contributed by atoms with E-state index in [0.29, 0.717) is 25.2 Å². The zero-order valence-electron chi connectivity index (χ0n) is 19.3. The van der Waals surface area contributed by atoms with Gasteiger partial charge in [-0.1, -0.05) is 12.5 Å². The fourth-order valence-corrected chi connectivity index (χ4v) is 6.94. The van der Waals surface area contributed by atoms with E-state index in [9.17, 15) is 4.79 Å². The van der Waals surface area contributed by atoms with Gasteiger partial charge in [-0.2, -0.15) is 0 Å². The highest BCUT2D eigenvalue weighted by Crippen LogP contribution is 2.66. The van der Waals surface area contributed by atoms with Crippen molar-refractivity contribution in [3.05, 3.63) is 34.2 Å². The second-order valence-electron chi connectivity index (χ2n) is 10.7. The number of ether oxygens (including phenoxy) is 3. The van der Waals surface area contributed by atoms with Crippen LogP contribution in [0.4, 0.5) is 0 Å². The van der Waals surface area contributed by atoms with Gasteiger partial charge in [0.05, 0.1) is 31.1 Å². The van der Waals surface area contributed by atoms with E-state index in [-0.39, 0.29) is 17.3 Å². The Morgan fingerprint density at radius 2 is 1.97 bits per heavy atom. The minimum Gasteiger partial charge on any atom is -0.462 e. The average Bonchev–Trinajstić information content (AvgIpc) is 3.57. The summed E-state index contributed by atoms with van der Waals surface area (Å²) in [6.07, 6.45) is 13.8. The van der Waals surface area contributed by atoms with Crippen molar-refractivity contribution in [3.63, 3.8) is 0 Å². The molecule has 0 aromatic carbocycles. The van der Waals surface area contributed by atoms with Crippen molar-refractivity contribution in [3.8, 4) is 0 Å². The highest BCUT2D eigenvalue weighted by Gasteiger charge is 2.58. The van der Waals surface area contributed by atoms with Crippen LogP contribution in [0.2, 0.25) is 0 Å². The van der Waals surface area contributed by atoms with Crippen LogP contribution in [0.1, 0.15) is 104 Å². The molecule has 0 N–H and O–H groups in total. The standard InChI is InChI=1S/C27H35NO4/c1-2-32-25(29)22-21(18-4-12-30-13-5-18)23-20(28-24(22)19-6-14-31-15-7-19)16-26(8-3-9-26)17-27(23)10-11-27/h4,19H,2-3,5-17H2,1H3. The summed E-state index contributed by atoms with van der Waals surface area (Å²) in [5.41, 5.74) is 7.60. The van der Waals surface area contributed by atoms with E-state index in [1.165, 1.54) is 60.9 Å². The predicted molar refractivity (Wildman–Crippen MR) is 122 cm³/mol. The van der Waals surface area contributed by atoms with Crippen molar-refractivity contribution in [1.29, 1.82) is 0 Å². The van der Waals surface area contributed by atoms with Crippen LogP contribution in [0.25, 0.3) is 5.57 Å². The molecule has 0 bridgehead atoms. The van der Waals surface area contributed by atoms with Crippen LogP contribution in [0.3, 0.4) is 0 Å². The molecule has 3 heterocycles. The fourth-order valence-electron chi connectivity index (χ4n) is 6.94. The van der Waals surface area contributed by atoms with E-state index in [0.717, 1.165) is 50.2 Å². The third kappa shape index (κ3) is 3.35. The number of aromatic nitrogens is 1. The molecule has 172 valence electrons. The highest BCUT2D eigenvalue weighted by molar-refractivity contribution is 5.98. The van der Waals surface area contributed by atoms with Crippen LogP contribution in [0.5, 0.6) is 0 Å². The van der Waals surface area contributed by atoms with Gasteiger partial charge < -0.3 is 14.2 Å². The summed E-state index contributed by atoms with van der Waals surface area (Å²) in [4.78, 5) is 18.9. The summed E-state index contributed by atoms with van der Waals surface area (Å²) in [5, 5.41) is 0. The lowest BCUT2D eigenvalue weighted by molar-refractivity contribution is 0.0515. The first-order valence-electron chi connectivity index (χ1n) is 12.7. The fraction of sp³-hybridized carbons (Fsp3) is 0.704. The molecule has 3 aliphatic carbocycles. The molecular weight excluding hydrogens is 402 g/mol. The van der Waals surface area contributed by atoms with Gasteiger partial charge in [-0.15, -0.1) is 0 Å². The smallest absolute Gasteiger partial charge is 0.340 e. The van der Waals surface area contributed by atoms with E-state index in [4.69, 9.17) is 19.2 Å². The maximum absolute atomic E-state index is 13.5. The lowest BCUT2D eigenvalue weighted by Crippen LogP contribution is -2.41. The van der Waals surface area contributed by atoms with Crippen LogP contribution >= 0.6 is 0 Å². The molecule has 2 saturated carbocycles. The van der Waals surface area contributed by atoms with Crippen LogP contribution in [0, 0.1) is 5.41 Å². The second kappa shape index (κ2) is 7.95. The third-order valence-corrected chi connectivity index (χ3v) is 8.73. The van der Waals surface area contributed by atoms with Crippen molar-refractivity contribution in [2.24, 2.45) is 5.41 Å². The number of carbonyl (C=O) groups is 1. The summed E-state index contributed by atoms with van der Waals surface area (Å²) >= 11 is 0. The maximum atomic E-state index is 13.5. The number of esters is 1. The van der Waals surface area contributed by atoms with E-state index in [2.05, 4.69) is 6.08 Å². The molecule has 3 fully saturated rings. The molecule has 5 heteroatoms. The minimum atomic E-state index is -0.189. The molecule has 5 aliphatic rings. The highest BCUT2D eigenvalue weighted by atomic mass is 16.5. The first-order chi connectivity index (χ1) is 15.6. The third-order valence-electron chi connectivity index (χ3n) is 8.73. The molecule has 0 radical (unpaired) electrons. The SMILES string of the molecule is CCOC(=O)c1c(C2CCOCC2)nc2c(c1C1=CCOCC1)C1(CC1)CC1(CCC1)C2. The van der Waals surface area contributed by atoms with E-state index >= 15 is 0 Å². The van der Waals surface area contributed by atoms with Crippen LogP contribution in [-0.2, 0) is 26.0 Å². The van der Waals surface area contributed by atoms with Crippen LogP contribution in [-0.4, -0.2) is 44.0 Å². The molecule has 1 aromatic rings. The Hall–Kier alpha value is -1.72. The molecule has 0 atom stereocenters. The summed E-state index contributed by atoms with van der Waals surface area (Å²) in [7, 11) is 0. The van der Waals surface area contributed by atoms with Gasteiger partial charge in [0.2, 0.25) is 0 Å². The molecule has 2 aliphatic heterocycles. The average molecular weight is 438 g/mol. The van der Waals surface area contributed by atoms with Gasteiger partial charge in [-0.05, 0) is 92.2 Å². The summed E-state index contributed by atoms with van der Waals surface area (Å²) < 4.78 is 17.0. The number of nitrogens with zero attached hydrogens (tertiary/aromatic N) is 1. The Morgan fingerprint density at radius 3 is 2.59 bits per heavy atom. The second-order valence-corrected chi connectivity index (χ2v) is 10.7. The Labute approximate surface area is 190 Å². The van der Waals surface area contributed by atoms with Crippen LogP contribution < -0.4 is 0 Å². The first-order valence-corrected chi connectivity index (χ1v) is 12.7. The Bertz CT molecular complexity index is 951. The van der Waals surface area contributed by atoms with E-state index in [1.807, 2.05) is 6.92 Å². The quantitative estimate of drug-likeness (QED) is 0.613. The number of hydrogen-bond acceptors (Lipinski definition) is 5. The van der Waals surface area contributed by atoms with E-state index < -0.39 is 0 Å². The molecular formula is C27H35NO4. The van der Waals surface area contributed by atoms with Gasteiger partial charge in [0.25, 0.3) is 0 Å². The molecule has 0 unspecified atom stereocenters. The van der Waals surface area contributed by atoms with Gasteiger partial charge in [0.1, 0.15) is 0 Å². The van der Waals surface area contributed by atoms with Gasteiger partial charge >= 0.3 is 5.97 Å². The minimum absolute atomic E-state index is 0.189. The number of rotatable bonds is 4. The van der Waals surface area contributed by atoms with Crippen molar-refractivity contribution in [2.75, 3.05) is 33.0 Å². The number of carbonyl (C=O) groups excluding carboxylic acids is 1. The molecule has 32 heavy (non-hydrogen) atoms. The van der Waals surface area contributed by atoms with Crippen molar-refractivity contribution >= 4 is 11.5 Å². The molecule has 1 aromatic heterocycles. The number of fused-ring (bicyclic) bond motifs is 2. The van der Waals surface area contributed by atoms with Gasteiger partial charge in [0, 0.05) is 24.8 Å². The molecule has 2 spiro atoms. The summed E-state index contributed by atoms with van der Waals surface area (Å²) in [5.74, 6) is 0.0773. The molecule has 6 rings (SSSR count). The Morgan fingerprint density at radius 1 is 1.16 bits per heavy atom. The van der Waals surface area contributed by atoms with Crippen molar-refractivity contribution in [2.45, 2.75) is 82.5 Å². The number of pyridine rings is 1. The zero-order chi connectivity index (χ0) is 21.8. The van der Waals surface area contributed by atoms with Crippen LogP contribution in [0.15, 0.2) is 6.08 Å². The predicted octanol–water partition coefficient (Wildman–Crippen LogP) is 5.10. The molecule has 0 amide bonds. The van der Waals surface area contributed by atoms with Gasteiger partial charge in [-0.3, -0.25) is 4.98 Å². The summed E-state index contributed by atoms with van der Waals surface area (Å²) in [6.45, 7) is 5.11. The normalized spacial score (nSPS) is 25.7. The summed E-state index contributed by atoms with van der Waals surface area (Å²) in [6, 6.07) is 0. The lowest BCUT2D eigenvalue weighted by Gasteiger charge is -2.49. The first kappa shape index (κ1) is 20.9. The maximum Gasteiger partial charge on any atom is 0.340 e. The van der Waals surface area contributed by atoms with E-state index in [1.54, 1.807) is 0 Å². The lowest BCUT2D eigenvalue weighted by atomic mass is 9.56. The molecule has 5 nitrogen and oxygen atoms in total. The molecule has 1 saturated heterocycles. The zero-order valence-corrected chi connectivity index (χ0v) is 19.3. The van der Waals surface area contributed by atoms with Crippen molar-refractivity contribution < 1.29 is 19.0 Å². The monoisotopic (exact) mass is 437 g/mol.